The van der Waals surface area contributed by atoms with Crippen molar-refractivity contribution in [2.45, 2.75) is 111 Å². The number of aliphatic hydroxyl groups is 1. The van der Waals surface area contributed by atoms with Crippen LogP contribution in [-0.4, -0.2) is 56.2 Å². The van der Waals surface area contributed by atoms with Gasteiger partial charge in [0.25, 0.3) is 8.32 Å². The number of esters is 1. The lowest BCUT2D eigenvalue weighted by atomic mass is 9.97. The van der Waals surface area contributed by atoms with Crippen LogP contribution in [0.3, 0.4) is 0 Å². The fraction of sp³-hybridized carbons (Fsp3) is 0.571. The van der Waals surface area contributed by atoms with Crippen molar-refractivity contribution in [1.82, 2.24) is 0 Å². The van der Waals surface area contributed by atoms with E-state index >= 15 is 0 Å². The number of rotatable bonds is 11. The Kier molecular flexibility index (Phi) is 11.0. The van der Waals surface area contributed by atoms with Crippen LogP contribution in [0.5, 0.6) is 0 Å². The second kappa shape index (κ2) is 13.6. The maximum Gasteiger partial charge on any atom is 0.311 e. The van der Waals surface area contributed by atoms with E-state index < -0.39 is 37.8 Å². The summed E-state index contributed by atoms with van der Waals surface area (Å²) in [5, 5.41) is 13.6. The van der Waals surface area contributed by atoms with E-state index in [2.05, 4.69) is 83.1 Å². The summed E-state index contributed by atoms with van der Waals surface area (Å²) in [5.74, 6) is -1.09. The molecule has 7 heteroatoms. The number of benzene rings is 2. The molecule has 1 aliphatic rings. The van der Waals surface area contributed by atoms with E-state index in [1.807, 2.05) is 52.8 Å². The van der Waals surface area contributed by atoms with Gasteiger partial charge in [-0.25, -0.2) is 0 Å². The fourth-order valence-electron chi connectivity index (χ4n) is 5.49. The average molecular weight is 597 g/mol. The first-order valence-corrected chi connectivity index (χ1v) is 17.1. The van der Waals surface area contributed by atoms with E-state index in [1.165, 1.54) is 10.4 Å². The van der Waals surface area contributed by atoms with Crippen molar-refractivity contribution < 1.29 is 28.5 Å². The summed E-state index contributed by atoms with van der Waals surface area (Å²) in [6.45, 7) is 20.4. The van der Waals surface area contributed by atoms with Crippen molar-refractivity contribution in [3.05, 3.63) is 72.8 Å². The molecule has 5 atom stereocenters. The third kappa shape index (κ3) is 8.20. The van der Waals surface area contributed by atoms with Crippen molar-refractivity contribution in [2.24, 2.45) is 11.3 Å². The Morgan fingerprint density at radius 2 is 1.45 bits per heavy atom. The molecule has 0 radical (unpaired) electrons. The lowest BCUT2D eigenvalue weighted by Gasteiger charge is -2.45. The Morgan fingerprint density at radius 1 is 0.929 bits per heavy atom. The van der Waals surface area contributed by atoms with Crippen LogP contribution in [-0.2, 0) is 23.4 Å². The molecule has 6 nitrogen and oxygen atoms in total. The van der Waals surface area contributed by atoms with Gasteiger partial charge in [0, 0.05) is 12.5 Å². The minimum Gasteiger partial charge on any atom is -0.465 e. The zero-order chi connectivity index (χ0) is 31.3. The summed E-state index contributed by atoms with van der Waals surface area (Å²) in [4.78, 5) is 12.2. The summed E-state index contributed by atoms with van der Waals surface area (Å²) in [6, 6.07) is 21.2. The summed E-state index contributed by atoms with van der Waals surface area (Å²) in [7, 11) is -2.71. The summed E-state index contributed by atoms with van der Waals surface area (Å²) in [6.07, 6.45) is 2.24. The number of ether oxygens (including phenoxy) is 3. The van der Waals surface area contributed by atoms with Crippen LogP contribution in [0.25, 0.3) is 0 Å². The van der Waals surface area contributed by atoms with Gasteiger partial charge < -0.3 is 23.7 Å². The second-order valence-electron chi connectivity index (χ2n) is 14.0. The van der Waals surface area contributed by atoms with Gasteiger partial charge in [-0.1, -0.05) is 101 Å². The largest absolute Gasteiger partial charge is 0.465 e. The van der Waals surface area contributed by atoms with Crippen molar-refractivity contribution >= 4 is 24.7 Å². The molecule has 1 heterocycles. The number of hydrogen-bond acceptors (Lipinski definition) is 6. The molecule has 0 aliphatic carbocycles. The minimum absolute atomic E-state index is 0.0165. The molecule has 0 spiro atoms. The highest BCUT2D eigenvalue weighted by molar-refractivity contribution is 6.99. The maximum atomic E-state index is 12.2. The predicted molar refractivity (Wildman–Crippen MR) is 171 cm³/mol. The number of hydrogen-bond donors (Lipinski definition) is 1. The molecule has 42 heavy (non-hydrogen) atoms. The lowest BCUT2D eigenvalue weighted by Crippen LogP contribution is -2.67. The second-order valence-corrected chi connectivity index (χ2v) is 18.3. The number of carbonyl (C=O) groups is 1. The predicted octanol–water partition coefficient (Wildman–Crippen LogP) is 6.00. The highest BCUT2D eigenvalue weighted by Gasteiger charge is 2.51. The molecule has 1 N–H and O–H groups in total. The van der Waals surface area contributed by atoms with E-state index in [9.17, 15) is 9.90 Å². The Morgan fingerprint density at radius 3 is 1.93 bits per heavy atom. The van der Waals surface area contributed by atoms with Gasteiger partial charge in [0.15, 0.2) is 5.79 Å². The molecule has 0 amide bonds. The van der Waals surface area contributed by atoms with Gasteiger partial charge in [0.05, 0.1) is 18.1 Å². The quantitative estimate of drug-likeness (QED) is 0.195. The summed E-state index contributed by atoms with van der Waals surface area (Å²) in [5.41, 5.74) is -0.572. The van der Waals surface area contributed by atoms with Crippen LogP contribution in [0, 0.1) is 11.3 Å². The van der Waals surface area contributed by atoms with Gasteiger partial charge in [0.1, 0.15) is 12.2 Å². The first-order chi connectivity index (χ1) is 19.5. The topological polar surface area (TPSA) is 74.2 Å². The number of aliphatic hydroxyl groups excluding tert-OH is 1. The lowest BCUT2D eigenvalue weighted by molar-refractivity contribution is -0.157. The average Bonchev–Trinajstić information content (AvgIpc) is 3.23. The Bertz CT molecular complexity index is 1130. The molecule has 0 bridgehead atoms. The van der Waals surface area contributed by atoms with Gasteiger partial charge in [-0.05, 0) is 62.9 Å². The highest BCUT2D eigenvalue weighted by Crippen LogP contribution is 2.38. The van der Waals surface area contributed by atoms with Crippen molar-refractivity contribution in [2.75, 3.05) is 6.61 Å². The van der Waals surface area contributed by atoms with Crippen molar-refractivity contribution in [1.29, 1.82) is 0 Å². The van der Waals surface area contributed by atoms with Crippen LogP contribution < -0.4 is 10.4 Å². The van der Waals surface area contributed by atoms with Gasteiger partial charge in [-0.15, -0.1) is 0 Å². The van der Waals surface area contributed by atoms with Crippen molar-refractivity contribution in [3.8, 4) is 0 Å². The normalized spacial score (nSPS) is 21.7. The van der Waals surface area contributed by atoms with Crippen LogP contribution in [0.15, 0.2) is 72.8 Å². The maximum absolute atomic E-state index is 12.2. The zero-order valence-electron chi connectivity index (χ0n) is 27.2. The monoisotopic (exact) mass is 596 g/mol. The van der Waals surface area contributed by atoms with Gasteiger partial charge in [0.2, 0.25) is 0 Å². The van der Waals surface area contributed by atoms with Gasteiger partial charge >= 0.3 is 5.97 Å². The molecule has 0 saturated carbocycles. The Labute approximate surface area is 254 Å². The molecule has 3 rings (SSSR count). The van der Waals surface area contributed by atoms with Crippen LogP contribution in [0.1, 0.15) is 75.7 Å². The van der Waals surface area contributed by atoms with E-state index in [1.54, 1.807) is 6.08 Å². The van der Waals surface area contributed by atoms with E-state index in [0.29, 0.717) is 6.42 Å². The molecular weight excluding hydrogens is 544 g/mol. The molecule has 2 unspecified atom stereocenters. The highest BCUT2D eigenvalue weighted by atomic mass is 28.4. The molecule has 2 aromatic carbocycles. The molecule has 0 aromatic heterocycles. The molecule has 1 saturated heterocycles. The van der Waals surface area contributed by atoms with Gasteiger partial charge in [-0.2, -0.15) is 0 Å². The first kappa shape index (κ1) is 34.2. The molecule has 232 valence electrons. The third-order valence-corrected chi connectivity index (χ3v) is 13.1. The van der Waals surface area contributed by atoms with E-state index in [0.717, 1.165) is 0 Å². The standard InChI is InChI=1S/C35H52O6Si/c1-25(21-22-29(36)31-30(39-35(9,10)40-31)23-24-38-32(37)33(3,4)5)26(2)41-42(34(6,7)8,27-17-13-11-14-18-27)28-19-15-12-16-20-28/h11-22,25-26,29-31,36H,23-24H2,1-10H3/b22-21-/t25-,26?,29?,30+,31-/m1/s1. The molecule has 2 aromatic rings. The summed E-state index contributed by atoms with van der Waals surface area (Å²) < 4.78 is 24.9. The van der Waals surface area contributed by atoms with Crippen LogP contribution in [0.2, 0.25) is 5.04 Å². The van der Waals surface area contributed by atoms with E-state index in [-0.39, 0.29) is 29.6 Å². The first-order valence-electron chi connectivity index (χ1n) is 15.2. The van der Waals surface area contributed by atoms with Crippen LogP contribution in [0.4, 0.5) is 0 Å². The molecule has 1 aliphatic heterocycles. The minimum atomic E-state index is -2.71. The Hall–Kier alpha value is -2.29. The van der Waals surface area contributed by atoms with Crippen molar-refractivity contribution in [3.63, 3.8) is 0 Å². The fourth-order valence-corrected chi connectivity index (χ4v) is 10.3. The van der Waals surface area contributed by atoms with Crippen LogP contribution >= 0.6 is 0 Å². The third-order valence-electron chi connectivity index (χ3n) is 7.94. The molecule has 1 fully saturated rings. The van der Waals surface area contributed by atoms with E-state index in [4.69, 9.17) is 18.6 Å². The number of carbonyl (C=O) groups excluding carboxylic acids is 1. The smallest absolute Gasteiger partial charge is 0.311 e. The zero-order valence-corrected chi connectivity index (χ0v) is 28.2. The Balaban J connectivity index is 1.77. The summed E-state index contributed by atoms with van der Waals surface area (Å²) >= 11 is 0. The SMILES string of the molecule is CC(O[Si](c1ccccc1)(c1ccccc1)C(C)(C)C)[C@H](C)/C=C\C(O)[C@H]1OC(C)(C)O[C@H]1CCOC(=O)C(C)(C)C. The van der Waals surface area contributed by atoms with Gasteiger partial charge in [-0.3, -0.25) is 4.79 Å². The molecular formula is C35H52O6Si.